The average molecular weight is 451 g/mol. The molecular formula is C21H26N2O7S. The topological polar surface area (TPSA) is 111 Å². The maximum atomic E-state index is 12.8. The smallest absolute Gasteiger partial charge is 0.338 e. The minimum atomic E-state index is -3.84. The lowest BCUT2D eigenvalue weighted by molar-refractivity contribution is -0.114. The fraction of sp³-hybridized carbons (Fsp3) is 0.333. The van der Waals surface area contributed by atoms with E-state index < -0.39 is 28.4 Å². The first-order valence-electron chi connectivity index (χ1n) is 9.38. The predicted molar refractivity (Wildman–Crippen MR) is 118 cm³/mol. The molecule has 0 radical (unpaired) electrons. The van der Waals surface area contributed by atoms with Gasteiger partial charge in [-0.2, -0.15) is 0 Å². The van der Waals surface area contributed by atoms with Gasteiger partial charge in [0.15, 0.2) is 0 Å². The monoisotopic (exact) mass is 450 g/mol. The lowest BCUT2D eigenvalue weighted by atomic mass is 10.1. The van der Waals surface area contributed by atoms with Gasteiger partial charge in [0.2, 0.25) is 15.9 Å². The molecule has 0 saturated heterocycles. The number of methoxy groups -OCH3 is 2. The predicted octanol–water partition coefficient (Wildman–Crippen LogP) is 2.59. The highest BCUT2D eigenvalue weighted by Crippen LogP contribution is 2.33. The molecule has 0 aromatic heterocycles. The number of nitrogens with zero attached hydrogens (tertiary/aromatic N) is 1. The molecule has 2 rings (SSSR count). The van der Waals surface area contributed by atoms with E-state index in [0.29, 0.717) is 22.6 Å². The summed E-state index contributed by atoms with van der Waals surface area (Å²) in [5.74, 6) is -0.434. The summed E-state index contributed by atoms with van der Waals surface area (Å²) in [5, 5.41) is 2.66. The molecule has 168 valence electrons. The molecular weight excluding hydrogens is 424 g/mol. The molecule has 0 atom stereocenters. The lowest BCUT2D eigenvalue weighted by Crippen LogP contribution is -2.37. The van der Waals surface area contributed by atoms with E-state index in [-0.39, 0.29) is 18.0 Å². The first-order valence-corrected chi connectivity index (χ1v) is 11.2. The Morgan fingerprint density at radius 2 is 1.81 bits per heavy atom. The highest BCUT2D eigenvalue weighted by molar-refractivity contribution is 7.92. The minimum absolute atomic E-state index is 0.163. The van der Waals surface area contributed by atoms with Gasteiger partial charge in [0.05, 0.1) is 38.3 Å². The van der Waals surface area contributed by atoms with Crippen LogP contribution in [0.15, 0.2) is 36.4 Å². The minimum Gasteiger partial charge on any atom is -0.497 e. The summed E-state index contributed by atoms with van der Waals surface area (Å²) in [6, 6.07) is 9.46. The molecule has 0 saturated carbocycles. The first kappa shape index (κ1) is 24.0. The molecule has 0 unspecified atom stereocenters. The number of rotatable bonds is 9. The van der Waals surface area contributed by atoms with E-state index in [1.165, 1.54) is 20.3 Å². The van der Waals surface area contributed by atoms with Crippen LogP contribution in [0.5, 0.6) is 11.5 Å². The van der Waals surface area contributed by atoms with Crippen LogP contribution < -0.4 is 19.1 Å². The van der Waals surface area contributed by atoms with Gasteiger partial charge < -0.3 is 19.5 Å². The number of nitrogens with one attached hydrogen (secondary N) is 1. The van der Waals surface area contributed by atoms with Gasteiger partial charge in [-0.1, -0.05) is 6.07 Å². The van der Waals surface area contributed by atoms with Crippen molar-refractivity contribution in [1.82, 2.24) is 0 Å². The fourth-order valence-electron chi connectivity index (χ4n) is 2.89. The van der Waals surface area contributed by atoms with Crippen LogP contribution in [0.4, 0.5) is 11.4 Å². The molecule has 0 spiro atoms. The van der Waals surface area contributed by atoms with E-state index in [1.807, 2.05) is 0 Å². The quantitative estimate of drug-likeness (QED) is 0.585. The highest BCUT2D eigenvalue weighted by atomic mass is 32.2. The summed E-state index contributed by atoms with van der Waals surface area (Å²) < 4.78 is 41.3. The molecule has 1 N–H and O–H groups in total. The molecule has 1 amide bonds. The van der Waals surface area contributed by atoms with E-state index in [1.54, 1.807) is 44.2 Å². The van der Waals surface area contributed by atoms with Crippen LogP contribution in [-0.2, 0) is 19.6 Å². The Kier molecular flexibility index (Phi) is 7.87. The van der Waals surface area contributed by atoms with Gasteiger partial charge in [0.25, 0.3) is 0 Å². The van der Waals surface area contributed by atoms with E-state index in [9.17, 15) is 18.0 Å². The average Bonchev–Trinajstić information content (AvgIpc) is 2.72. The number of amides is 1. The molecule has 9 nitrogen and oxygen atoms in total. The highest BCUT2D eigenvalue weighted by Gasteiger charge is 2.25. The number of carbonyl (C=O) groups excluding carboxylic acids is 2. The van der Waals surface area contributed by atoms with Gasteiger partial charge in [0, 0.05) is 11.8 Å². The maximum absolute atomic E-state index is 12.8. The number of esters is 1. The molecule has 0 aliphatic rings. The molecule has 0 fully saturated rings. The lowest BCUT2D eigenvalue weighted by Gasteiger charge is -2.24. The summed E-state index contributed by atoms with van der Waals surface area (Å²) in [5.41, 5.74) is 1.37. The van der Waals surface area contributed by atoms with Gasteiger partial charge in [0.1, 0.15) is 18.0 Å². The Balaban J connectivity index is 2.34. The third-order valence-corrected chi connectivity index (χ3v) is 5.57. The summed E-state index contributed by atoms with van der Waals surface area (Å²) in [7, 11) is -0.993. The van der Waals surface area contributed by atoms with Crippen molar-refractivity contribution in [2.45, 2.75) is 13.8 Å². The second-order valence-electron chi connectivity index (χ2n) is 6.55. The molecule has 0 aliphatic heterocycles. The zero-order valence-corrected chi connectivity index (χ0v) is 18.9. The molecule has 2 aromatic rings. The maximum Gasteiger partial charge on any atom is 0.338 e. The summed E-state index contributed by atoms with van der Waals surface area (Å²) in [6.07, 6.45) is 0.992. The van der Waals surface area contributed by atoms with Crippen LogP contribution in [0.25, 0.3) is 0 Å². The fourth-order valence-corrected chi connectivity index (χ4v) is 3.75. The summed E-state index contributed by atoms with van der Waals surface area (Å²) >= 11 is 0. The van der Waals surface area contributed by atoms with E-state index in [4.69, 9.17) is 14.2 Å². The van der Waals surface area contributed by atoms with Crippen molar-refractivity contribution < 1.29 is 32.2 Å². The normalized spacial score (nSPS) is 10.9. The Hall–Kier alpha value is -3.27. The Morgan fingerprint density at radius 1 is 1.10 bits per heavy atom. The van der Waals surface area contributed by atoms with E-state index in [2.05, 4.69) is 5.32 Å². The second kappa shape index (κ2) is 10.2. The largest absolute Gasteiger partial charge is 0.497 e. The van der Waals surface area contributed by atoms with Crippen LogP contribution >= 0.6 is 0 Å². The first-order chi connectivity index (χ1) is 14.6. The Morgan fingerprint density at radius 3 is 2.39 bits per heavy atom. The van der Waals surface area contributed by atoms with Crippen LogP contribution in [0.1, 0.15) is 22.8 Å². The molecule has 0 heterocycles. The van der Waals surface area contributed by atoms with Gasteiger partial charge in [-0.3, -0.25) is 9.10 Å². The number of ether oxygens (including phenoxy) is 3. The standard InChI is InChI=1S/C21H26N2O7S/c1-6-30-21(25)16-8-7-9-17(14(16)2)22-20(24)13-23(31(5,26)27)18-12-15(28-3)10-11-19(18)29-4/h7-12H,6,13H2,1-5H3,(H,22,24). The van der Waals surface area contributed by atoms with Crippen molar-refractivity contribution in [3.63, 3.8) is 0 Å². The van der Waals surface area contributed by atoms with Crippen molar-refractivity contribution in [3.8, 4) is 11.5 Å². The van der Waals surface area contributed by atoms with Gasteiger partial charge in [-0.05, 0) is 43.7 Å². The third kappa shape index (κ3) is 5.88. The van der Waals surface area contributed by atoms with E-state index in [0.717, 1.165) is 10.6 Å². The molecule has 2 aromatic carbocycles. The van der Waals surface area contributed by atoms with Crippen LogP contribution in [0, 0.1) is 6.92 Å². The summed E-state index contributed by atoms with van der Waals surface area (Å²) in [4.78, 5) is 24.8. The van der Waals surface area contributed by atoms with Crippen LogP contribution in [-0.4, -0.2) is 53.9 Å². The summed E-state index contributed by atoms with van der Waals surface area (Å²) in [6.45, 7) is 3.08. The van der Waals surface area contributed by atoms with Crippen molar-refractivity contribution in [2.75, 3.05) is 43.2 Å². The molecule has 0 aliphatic carbocycles. The number of hydrogen-bond donors (Lipinski definition) is 1. The number of benzene rings is 2. The number of carbonyl (C=O) groups is 2. The van der Waals surface area contributed by atoms with Crippen LogP contribution in [0.2, 0.25) is 0 Å². The van der Waals surface area contributed by atoms with Crippen molar-refractivity contribution in [2.24, 2.45) is 0 Å². The zero-order chi connectivity index (χ0) is 23.2. The zero-order valence-electron chi connectivity index (χ0n) is 18.1. The second-order valence-corrected chi connectivity index (χ2v) is 8.46. The van der Waals surface area contributed by atoms with Crippen molar-refractivity contribution in [3.05, 3.63) is 47.5 Å². The van der Waals surface area contributed by atoms with Gasteiger partial charge in [-0.15, -0.1) is 0 Å². The van der Waals surface area contributed by atoms with Crippen molar-refractivity contribution >= 4 is 33.3 Å². The Bertz CT molecular complexity index is 1070. The molecule has 10 heteroatoms. The number of anilines is 2. The van der Waals surface area contributed by atoms with Crippen LogP contribution in [0.3, 0.4) is 0 Å². The number of hydrogen-bond acceptors (Lipinski definition) is 7. The Labute approximate surface area is 182 Å². The molecule has 0 bridgehead atoms. The van der Waals surface area contributed by atoms with Crippen molar-refractivity contribution in [1.29, 1.82) is 0 Å². The van der Waals surface area contributed by atoms with E-state index >= 15 is 0 Å². The molecule has 31 heavy (non-hydrogen) atoms. The third-order valence-electron chi connectivity index (χ3n) is 4.45. The van der Waals surface area contributed by atoms with Gasteiger partial charge >= 0.3 is 5.97 Å². The SMILES string of the molecule is CCOC(=O)c1cccc(NC(=O)CN(c2cc(OC)ccc2OC)S(C)(=O)=O)c1C. The van der Waals surface area contributed by atoms with Gasteiger partial charge in [-0.25, -0.2) is 13.2 Å². The number of sulfonamides is 1.